The molecule has 1 atom stereocenters. The average Bonchev–Trinajstić information content (AvgIpc) is 2.02. The van der Waals surface area contributed by atoms with E-state index >= 15 is 0 Å². The Hall–Kier alpha value is 0.340. The van der Waals surface area contributed by atoms with Crippen molar-refractivity contribution >= 4 is 40.8 Å². The number of hydrogen-bond donors (Lipinski definition) is 0. The van der Waals surface area contributed by atoms with E-state index in [9.17, 15) is 4.79 Å². The third kappa shape index (κ3) is 3.83. The van der Waals surface area contributed by atoms with Crippen molar-refractivity contribution in [2.45, 2.75) is 29.5 Å². The molecule has 0 radical (unpaired) electrons. The molecule has 72 valence electrons. The second kappa shape index (κ2) is 5.15. The van der Waals surface area contributed by atoms with Crippen LogP contribution in [0.25, 0.3) is 0 Å². The Morgan fingerprint density at radius 1 is 1.58 bits per heavy atom. The lowest BCUT2D eigenvalue weighted by atomic mass is 10.2. The lowest BCUT2D eigenvalue weighted by molar-refractivity contribution is -0.140. The molecule has 0 saturated heterocycles. The maximum Gasteiger partial charge on any atom is 0.308 e. The molecule has 2 nitrogen and oxygen atoms in total. The molecule has 12 heavy (non-hydrogen) atoms. The molecule has 0 spiro atoms. The van der Waals surface area contributed by atoms with E-state index in [1.807, 2.05) is 6.92 Å². The first-order valence-electron chi connectivity index (χ1n) is 3.52. The van der Waals surface area contributed by atoms with E-state index in [0.29, 0.717) is 6.42 Å². The first-order valence-corrected chi connectivity index (χ1v) is 4.72. The zero-order valence-electron chi connectivity index (χ0n) is 6.94. The minimum Gasteiger partial charge on any atom is -0.469 e. The highest BCUT2D eigenvalue weighted by Crippen LogP contribution is 2.34. The van der Waals surface area contributed by atoms with E-state index in [1.165, 1.54) is 7.11 Å². The van der Waals surface area contributed by atoms with Crippen LogP contribution in [0.2, 0.25) is 0 Å². The van der Waals surface area contributed by atoms with Gasteiger partial charge in [0.1, 0.15) is 4.33 Å². The number of ether oxygens (including phenoxy) is 1. The van der Waals surface area contributed by atoms with Gasteiger partial charge >= 0.3 is 5.97 Å². The Labute approximate surface area is 87.1 Å². The molecular weight excluding hydrogens is 222 g/mol. The zero-order chi connectivity index (χ0) is 9.78. The fourth-order valence-electron chi connectivity index (χ4n) is 0.674. The van der Waals surface area contributed by atoms with Crippen LogP contribution < -0.4 is 0 Å². The fraction of sp³-hybridized carbons (Fsp3) is 0.857. The lowest BCUT2D eigenvalue weighted by Gasteiger charge is -2.22. The number of alkyl halides is 3. The zero-order valence-corrected chi connectivity index (χ0v) is 9.21. The van der Waals surface area contributed by atoms with Gasteiger partial charge in [-0.2, -0.15) is 0 Å². The molecule has 0 aliphatic carbocycles. The second-order valence-corrected chi connectivity index (χ2v) is 4.46. The van der Waals surface area contributed by atoms with Gasteiger partial charge in [-0.05, 0) is 6.42 Å². The van der Waals surface area contributed by atoms with E-state index in [2.05, 4.69) is 4.74 Å². The SMILES string of the molecule is CCC(Cl)C(Cl)(Cl)CC(=O)OC. The summed E-state index contributed by atoms with van der Waals surface area (Å²) in [6.45, 7) is 1.84. The van der Waals surface area contributed by atoms with Crippen molar-refractivity contribution in [3.63, 3.8) is 0 Å². The maximum atomic E-state index is 10.8. The van der Waals surface area contributed by atoms with Gasteiger partial charge in [-0.1, -0.05) is 30.1 Å². The molecule has 0 saturated carbocycles. The van der Waals surface area contributed by atoms with Gasteiger partial charge in [0.05, 0.1) is 18.9 Å². The summed E-state index contributed by atoms with van der Waals surface area (Å²) in [4.78, 5) is 10.8. The molecule has 0 bridgehead atoms. The highest BCUT2D eigenvalue weighted by Gasteiger charge is 2.35. The van der Waals surface area contributed by atoms with Crippen LogP contribution in [0.1, 0.15) is 19.8 Å². The molecule has 0 fully saturated rings. The molecule has 0 rings (SSSR count). The van der Waals surface area contributed by atoms with Crippen LogP contribution in [0.4, 0.5) is 0 Å². The largest absolute Gasteiger partial charge is 0.469 e. The first-order chi connectivity index (χ1) is 5.44. The predicted molar refractivity (Wildman–Crippen MR) is 51.0 cm³/mol. The van der Waals surface area contributed by atoms with Gasteiger partial charge in [-0.3, -0.25) is 4.79 Å². The highest BCUT2D eigenvalue weighted by atomic mass is 35.5. The third-order valence-corrected chi connectivity index (χ3v) is 3.12. The third-order valence-electron chi connectivity index (χ3n) is 1.42. The van der Waals surface area contributed by atoms with Crippen molar-refractivity contribution < 1.29 is 9.53 Å². The number of carbonyl (C=O) groups excluding carboxylic acids is 1. The smallest absolute Gasteiger partial charge is 0.308 e. The molecular formula is C7H11Cl3O2. The number of halogens is 3. The number of methoxy groups -OCH3 is 1. The van der Waals surface area contributed by atoms with E-state index in [4.69, 9.17) is 34.8 Å². The van der Waals surface area contributed by atoms with Crippen molar-refractivity contribution in [3.8, 4) is 0 Å². The van der Waals surface area contributed by atoms with Crippen LogP contribution in [0.15, 0.2) is 0 Å². The minimum absolute atomic E-state index is 0.0887. The Kier molecular flexibility index (Phi) is 5.30. The van der Waals surface area contributed by atoms with E-state index in [1.54, 1.807) is 0 Å². The van der Waals surface area contributed by atoms with Crippen molar-refractivity contribution in [2.75, 3.05) is 7.11 Å². The Bertz CT molecular complexity index is 159. The van der Waals surface area contributed by atoms with Crippen LogP contribution in [-0.4, -0.2) is 22.8 Å². The maximum absolute atomic E-state index is 10.8. The van der Waals surface area contributed by atoms with Crippen molar-refractivity contribution in [2.24, 2.45) is 0 Å². The molecule has 0 aliphatic heterocycles. The standard InChI is InChI=1S/C7H11Cl3O2/c1-3-5(8)7(9,10)4-6(11)12-2/h5H,3-4H2,1-2H3. The molecule has 1 unspecified atom stereocenters. The second-order valence-electron chi connectivity index (χ2n) is 2.39. The molecule has 0 aromatic carbocycles. The summed E-state index contributed by atoms with van der Waals surface area (Å²) in [5.41, 5.74) is 0. The van der Waals surface area contributed by atoms with Gasteiger partial charge < -0.3 is 4.74 Å². The first kappa shape index (κ1) is 12.3. The number of carbonyl (C=O) groups is 1. The van der Waals surface area contributed by atoms with Crippen LogP contribution in [-0.2, 0) is 9.53 Å². The molecule has 0 N–H and O–H groups in total. The summed E-state index contributed by atoms with van der Waals surface area (Å²) in [7, 11) is 1.28. The van der Waals surface area contributed by atoms with E-state index in [-0.39, 0.29) is 6.42 Å². The monoisotopic (exact) mass is 232 g/mol. The Balaban J connectivity index is 4.11. The molecule has 0 heterocycles. The summed E-state index contributed by atoms with van der Waals surface area (Å²) >= 11 is 17.4. The van der Waals surface area contributed by atoms with Crippen molar-refractivity contribution in [3.05, 3.63) is 0 Å². The van der Waals surface area contributed by atoms with Gasteiger partial charge in [-0.25, -0.2) is 0 Å². The van der Waals surface area contributed by atoms with Crippen molar-refractivity contribution in [1.29, 1.82) is 0 Å². The highest BCUT2D eigenvalue weighted by molar-refractivity contribution is 6.53. The molecule has 0 aromatic heterocycles. The van der Waals surface area contributed by atoms with Crippen LogP contribution in [0.5, 0.6) is 0 Å². The minimum atomic E-state index is -1.23. The molecule has 0 amide bonds. The van der Waals surface area contributed by atoms with Gasteiger partial charge in [0.15, 0.2) is 0 Å². The summed E-state index contributed by atoms with van der Waals surface area (Å²) in [6, 6.07) is 0. The van der Waals surface area contributed by atoms with E-state index < -0.39 is 15.7 Å². The van der Waals surface area contributed by atoms with Gasteiger partial charge in [0, 0.05) is 0 Å². The van der Waals surface area contributed by atoms with Crippen molar-refractivity contribution in [1.82, 2.24) is 0 Å². The topological polar surface area (TPSA) is 26.3 Å². The quantitative estimate of drug-likeness (QED) is 0.551. The van der Waals surface area contributed by atoms with Gasteiger partial charge in [-0.15, -0.1) is 11.6 Å². The number of rotatable bonds is 4. The van der Waals surface area contributed by atoms with Gasteiger partial charge in [0.2, 0.25) is 0 Å². The number of esters is 1. The summed E-state index contributed by atoms with van der Waals surface area (Å²) < 4.78 is 3.18. The Morgan fingerprint density at radius 2 is 2.08 bits per heavy atom. The van der Waals surface area contributed by atoms with Gasteiger partial charge in [0.25, 0.3) is 0 Å². The van der Waals surface area contributed by atoms with Crippen LogP contribution >= 0.6 is 34.8 Å². The summed E-state index contributed by atoms with van der Waals surface area (Å²) in [5, 5.41) is -0.445. The fourth-order valence-corrected chi connectivity index (χ4v) is 1.28. The normalized spacial score (nSPS) is 14.1. The lowest BCUT2D eigenvalue weighted by Crippen LogP contribution is -2.29. The molecule has 0 aliphatic rings. The molecule has 5 heteroatoms. The molecule has 0 aromatic rings. The Morgan fingerprint density at radius 3 is 2.42 bits per heavy atom. The average molecular weight is 234 g/mol. The van der Waals surface area contributed by atoms with Crippen LogP contribution in [0.3, 0.4) is 0 Å². The predicted octanol–water partition coefficient (Wildman–Crippen LogP) is 2.74. The summed E-state index contributed by atoms with van der Waals surface area (Å²) in [6.07, 6.45) is 0.514. The summed E-state index contributed by atoms with van der Waals surface area (Å²) in [5.74, 6) is -0.459. The van der Waals surface area contributed by atoms with Crippen LogP contribution in [0, 0.1) is 0 Å². The van der Waals surface area contributed by atoms with E-state index in [0.717, 1.165) is 0 Å². The number of hydrogen-bond acceptors (Lipinski definition) is 2.